The molecule has 0 saturated heterocycles. The average molecular weight is 212 g/mol. The van der Waals surface area contributed by atoms with E-state index in [-0.39, 0.29) is 24.6 Å². The SMILES string of the molecule is COc1ccc(NC(=O)CCN)cc1F. The number of hydrogen-bond donors (Lipinski definition) is 2. The monoisotopic (exact) mass is 212 g/mol. The number of amides is 1. The molecule has 0 saturated carbocycles. The lowest BCUT2D eigenvalue weighted by Gasteiger charge is -2.06. The van der Waals surface area contributed by atoms with Crippen molar-refractivity contribution in [1.82, 2.24) is 0 Å². The highest BCUT2D eigenvalue weighted by molar-refractivity contribution is 5.90. The molecule has 0 bridgehead atoms. The van der Waals surface area contributed by atoms with Gasteiger partial charge >= 0.3 is 0 Å². The molecule has 1 aromatic carbocycles. The lowest BCUT2D eigenvalue weighted by atomic mass is 10.2. The number of halogens is 1. The summed E-state index contributed by atoms with van der Waals surface area (Å²) < 4.78 is 17.9. The van der Waals surface area contributed by atoms with Crippen LogP contribution in [0.4, 0.5) is 10.1 Å². The molecule has 0 aliphatic heterocycles. The second-order valence-electron chi connectivity index (χ2n) is 2.94. The molecule has 0 heterocycles. The number of benzene rings is 1. The number of nitrogens with one attached hydrogen (secondary N) is 1. The van der Waals surface area contributed by atoms with Crippen LogP contribution < -0.4 is 15.8 Å². The molecule has 0 aliphatic carbocycles. The van der Waals surface area contributed by atoms with Crippen molar-refractivity contribution in [3.05, 3.63) is 24.0 Å². The van der Waals surface area contributed by atoms with Crippen LogP contribution in [0.5, 0.6) is 5.75 Å². The Balaban J connectivity index is 2.71. The highest BCUT2D eigenvalue weighted by atomic mass is 19.1. The molecule has 15 heavy (non-hydrogen) atoms. The van der Waals surface area contributed by atoms with Crippen molar-refractivity contribution < 1.29 is 13.9 Å². The maximum Gasteiger partial charge on any atom is 0.225 e. The molecule has 0 aromatic heterocycles. The van der Waals surface area contributed by atoms with Crippen LogP contribution in [-0.2, 0) is 4.79 Å². The minimum absolute atomic E-state index is 0.145. The number of carbonyl (C=O) groups is 1. The predicted molar refractivity (Wildman–Crippen MR) is 55.3 cm³/mol. The third kappa shape index (κ3) is 3.21. The quantitative estimate of drug-likeness (QED) is 0.786. The molecule has 1 aromatic rings. The Hall–Kier alpha value is -1.62. The molecule has 5 heteroatoms. The van der Waals surface area contributed by atoms with Gasteiger partial charge in [-0.05, 0) is 12.1 Å². The van der Waals surface area contributed by atoms with E-state index in [1.807, 2.05) is 0 Å². The number of ether oxygens (including phenoxy) is 1. The summed E-state index contributed by atoms with van der Waals surface area (Å²) in [6.45, 7) is 0.268. The molecule has 0 unspecified atom stereocenters. The Morgan fingerprint density at radius 1 is 1.60 bits per heavy atom. The van der Waals surface area contributed by atoms with E-state index >= 15 is 0 Å². The van der Waals surface area contributed by atoms with Gasteiger partial charge in [0.2, 0.25) is 5.91 Å². The molecule has 0 fully saturated rings. The Kier molecular flexibility index (Phi) is 4.05. The summed E-state index contributed by atoms with van der Waals surface area (Å²) in [5.41, 5.74) is 5.60. The smallest absolute Gasteiger partial charge is 0.225 e. The predicted octanol–water partition coefficient (Wildman–Crippen LogP) is 1.12. The average Bonchev–Trinajstić information content (AvgIpc) is 2.18. The third-order valence-electron chi connectivity index (χ3n) is 1.81. The number of nitrogens with two attached hydrogens (primary N) is 1. The number of rotatable bonds is 4. The van der Waals surface area contributed by atoms with Gasteiger partial charge in [0.05, 0.1) is 7.11 Å². The van der Waals surface area contributed by atoms with Gasteiger partial charge in [0.1, 0.15) is 0 Å². The van der Waals surface area contributed by atoms with Gasteiger partial charge < -0.3 is 15.8 Å². The fourth-order valence-corrected chi connectivity index (χ4v) is 1.10. The van der Waals surface area contributed by atoms with Crippen LogP contribution in [0.1, 0.15) is 6.42 Å². The Morgan fingerprint density at radius 2 is 2.33 bits per heavy atom. The summed E-state index contributed by atoms with van der Waals surface area (Å²) in [4.78, 5) is 11.1. The van der Waals surface area contributed by atoms with Crippen LogP contribution in [0.2, 0.25) is 0 Å². The molecule has 0 radical (unpaired) electrons. The zero-order chi connectivity index (χ0) is 11.3. The van der Waals surface area contributed by atoms with Gasteiger partial charge in [-0.3, -0.25) is 4.79 Å². The zero-order valence-electron chi connectivity index (χ0n) is 8.42. The maximum atomic E-state index is 13.2. The molecule has 0 aliphatic rings. The minimum Gasteiger partial charge on any atom is -0.494 e. The van der Waals surface area contributed by atoms with Crippen molar-refractivity contribution in [2.24, 2.45) is 5.73 Å². The summed E-state index contributed by atoms with van der Waals surface area (Å²) >= 11 is 0. The zero-order valence-corrected chi connectivity index (χ0v) is 8.42. The van der Waals surface area contributed by atoms with Crippen molar-refractivity contribution in [1.29, 1.82) is 0 Å². The van der Waals surface area contributed by atoms with Gasteiger partial charge in [-0.25, -0.2) is 4.39 Å². The van der Waals surface area contributed by atoms with E-state index in [1.165, 1.54) is 19.2 Å². The van der Waals surface area contributed by atoms with Gasteiger partial charge in [0, 0.05) is 24.7 Å². The van der Waals surface area contributed by atoms with Crippen molar-refractivity contribution in [2.45, 2.75) is 6.42 Å². The maximum absolute atomic E-state index is 13.2. The van der Waals surface area contributed by atoms with Crippen molar-refractivity contribution in [3.8, 4) is 5.75 Å². The number of methoxy groups -OCH3 is 1. The summed E-state index contributed by atoms with van der Waals surface area (Å²) in [6, 6.07) is 4.22. The van der Waals surface area contributed by atoms with E-state index in [0.717, 1.165) is 0 Å². The molecule has 0 spiro atoms. The van der Waals surface area contributed by atoms with Crippen LogP contribution in [-0.4, -0.2) is 19.6 Å². The molecule has 1 rings (SSSR count). The Labute approximate surface area is 87.2 Å². The molecular weight excluding hydrogens is 199 g/mol. The molecule has 1 amide bonds. The van der Waals surface area contributed by atoms with E-state index in [1.54, 1.807) is 6.07 Å². The summed E-state index contributed by atoms with van der Waals surface area (Å²) in [5, 5.41) is 2.52. The van der Waals surface area contributed by atoms with Crippen LogP contribution in [0.15, 0.2) is 18.2 Å². The largest absolute Gasteiger partial charge is 0.494 e. The van der Waals surface area contributed by atoms with E-state index in [9.17, 15) is 9.18 Å². The first kappa shape index (κ1) is 11.5. The van der Waals surface area contributed by atoms with Gasteiger partial charge in [-0.15, -0.1) is 0 Å². The normalized spacial score (nSPS) is 9.80. The van der Waals surface area contributed by atoms with Crippen molar-refractivity contribution in [2.75, 3.05) is 19.0 Å². The fourth-order valence-electron chi connectivity index (χ4n) is 1.10. The van der Waals surface area contributed by atoms with Crippen molar-refractivity contribution in [3.63, 3.8) is 0 Å². The van der Waals surface area contributed by atoms with Gasteiger partial charge in [0.25, 0.3) is 0 Å². The van der Waals surface area contributed by atoms with Gasteiger partial charge in [0.15, 0.2) is 11.6 Å². The molecule has 4 nitrogen and oxygen atoms in total. The van der Waals surface area contributed by atoms with Crippen LogP contribution in [0, 0.1) is 5.82 Å². The Bertz CT molecular complexity index is 355. The number of anilines is 1. The second-order valence-corrected chi connectivity index (χ2v) is 2.94. The van der Waals surface area contributed by atoms with Crippen LogP contribution >= 0.6 is 0 Å². The molecule has 82 valence electrons. The topological polar surface area (TPSA) is 64.3 Å². The van der Waals surface area contributed by atoms with Crippen LogP contribution in [0.25, 0.3) is 0 Å². The first-order valence-corrected chi connectivity index (χ1v) is 4.51. The molecular formula is C10H13FN2O2. The minimum atomic E-state index is -0.511. The van der Waals surface area contributed by atoms with E-state index in [2.05, 4.69) is 5.32 Å². The first-order chi connectivity index (χ1) is 7.17. The molecule has 3 N–H and O–H groups in total. The summed E-state index contributed by atoms with van der Waals surface area (Å²) in [5.74, 6) is -0.600. The van der Waals surface area contributed by atoms with E-state index in [4.69, 9.17) is 10.5 Å². The summed E-state index contributed by atoms with van der Waals surface area (Å²) in [6.07, 6.45) is 0.216. The number of carbonyl (C=O) groups excluding carboxylic acids is 1. The summed E-state index contributed by atoms with van der Waals surface area (Å²) in [7, 11) is 1.38. The van der Waals surface area contributed by atoms with E-state index < -0.39 is 5.82 Å². The highest BCUT2D eigenvalue weighted by Gasteiger charge is 2.05. The first-order valence-electron chi connectivity index (χ1n) is 4.51. The lowest BCUT2D eigenvalue weighted by molar-refractivity contribution is -0.116. The highest BCUT2D eigenvalue weighted by Crippen LogP contribution is 2.20. The van der Waals surface area contributed by atoms with Gasteiger partial charge in [-0.2, -0.15) is 0 Å². The van der Waals surface area contributed by atoms with Crippen molar-refractivity contribution >= 4 is 11.6 Å². The third-order valence-corrected chi connectivity index (χ3v) is 1.81. The molecule has 0 atom stereocenters. The fraction of sp³-hybridized carbons (Fsp3) is 0.300. The van der Waals surface area contributed by atoms with E-state index in [0.29, 0.717) is 5.69 Å². The second kappa shape index (κ2) is 5.31. The van der Waals surface area contributed by atoms with Gasteiger partial charge in [-0.1, -0.05) is 0 Å². The van der Waals surface area contributed by atoms with Crippen LogP contribution in [0.3, 0.4) is 0 Å². The Morgan fingerprint density at radius 3 is 2.87 bits per heavy atom. The lowest BCUT2D eigenvalue weighted by Crippen LogP contribution is -2.16. The standard InChI is InChI=1S/C10H13FN2O2/c1-15-9-3-2-7(6-8(9)11)13-10(14)4-5-12/h2-3,6H,4-5,12H2,1H3,(H,13,14). The number of hydrogen-bond acceptors (Lipinski definition) is 3.